The fourth-order valence-electron chi connectivity index (χ4n) is 2.91. The summed E-state index contributed by atoms with van der Waals surface area (Å²) in [5.41, 5.74) is -0.233. The Morgan fingerprint density at radius 3 is 2.82 bits per heavy atom. The zero-order chi connectivity index (χ0) is 12.3. The van der Waals surface area contributed by atoms with Gasteiger partial charge in [-0.05, 0) is 26.2 Å². The van der Waals surface area contributed by atoms with Crippen molar-refractivity contribution in [2.75, 3.05) is 13.2 Å². The van der Waals surface area contributed by atoms with Crippen molar-refractivity contribution in [3.8, 4) is 0 Å². The summed E-state index contributed by atoms with van der Waals surface area (Å²) in [4.78, 5) is 23.7. The molecule has 2 fully saturated rings. The molecule has 0 bridgehead atoms. The van der Waals surface area contributed by atoms with Gasteiger partial charge in [0.15, 0.2) is 0 Å². The van der Waals surface area contributed by atoms with E-state index in [1.54, 1.807) is 6.92 Å². The molecule has 1 saturated heterocycles. The smallest absolute Gasteiger partial charge is 0.316 e. The molecule has 0 amide bonds. The van der Waals surface area contributed by atoms with Crippen molar-refractivity contribution < 1.29 is 19.1 Å². The van der Waals surface area contributed by atoms with Crippen molar-refractivity contribution in [1.29, 1.82) is 0 Å². The summed E-state index contributed by atoms with van der Waals surface area (Å²) in [6.45, 7) is 2.55. The highest BCUT2D eigenvalue weighted by Crippen LogP contribution is 2.40. The van der Waals surface area contributed by atoms with Crippen LogP contribution in [0.4, 0.5) is 0 Å². The number of rotatable bonds is 2. The van der Waals surface area contributed by atoms with Gasteiger partial charge in [0.05, 0.1) is 18.8 Å². The molecular weight excluding hydrogens is 220 g/mol. The molecule has 2 rings (SSSR count). The molecule has 17 heavy (non-hydrogen) atoms. The number of hydrogen-bond donors (Lipinski definition) is 0. The van der Waals surface area contributed by atoms with Gasteiger partial charge in [-0.3, -0.25) is 9.59 Å². The van der Waals surface area contributed by atoms with E-state index in [9.17, 15) is 9.59 Å². The summed E-state index contributed by atoms with van der Waals surface area (Å²) in [6.07, 6.45) is 5.05. The van der Waals surface area contributed by atoms with Gasteiger partial charge in [-0.15, -0.1) is 0 Å². The van der Waals surface area contributed by atoms with Crippen LogP contribution in [-0.4, -0.2) is 30.6 Å². The average molecular weight is 240 g/mol. The molecule has 4 heteroatoms. The van der Waals surface area contributed by atoms with Crippen LogP contribution in [0.25, 0.3) is 0 Å². The van der Waals surface area contributed by atoms with Crippen molar-refractivity contribution in [2.24, 2.45) is 5.92 Å². The highest BCUT2D eigenvalue weighted by atomic mass is 16.5. The maximum Gasteiger partial charge on any atom is 0.316 e. The van der Waals surface area contributed by atoms with Crippen LogP contribution in [0, 0.1) is 5.92 Å². The predicted octanol–water partition coefficient (Wildman–Crippen LogP) is 1.86. The number of hydrogen-bond acceptors (Lipinski definition) is 4. The van der Waals surface area contributed by atoms with E-state index in [0.29, 0.717) is 26.1 Å². The molecular formula is C13H20O4. The van der Waals surface area contributed by atoms with Gasteiger partial charge in [-0.1, -0.05) is 12.8 Å². The quantitative estimate of drug-likeness (QED) is 0.546. The first-order valence-electron chi connectivity index (χ1n) is 6.50. The van der Waals surface area contributed by atoms with E-state index in [2.05, 4.69) is 0 Å². The number of carbonyl (C=O) groups is 2. The number of Topliss-reactive ketones (excluding diaryl/α,β-unsaturated/α-hetero) is 1. The molecule has 1 atom stereocenters. The minimum Gasteiger partial charge on any atom is -0.465 e. The van der Waals surface area contributed by atoms with E-state index >= 15 is 0 Å². The third kappa shape index (κ3) is 2.68. The Labute approximate surface area is 102 Å². The van der Waals surface area contributed by atoms with E-state index in [4.69, 9.17) is 9.47 Å². The summed E-state index contributed by atoms with van der Waals surface area (Å²) in [5, 5.41) is 0. The second-order valence-corrected chi connectivity index (χ2v) is 4.96. The standard InChI is InChI=1S/C13H20O4/c1-2-16-12(15)10-9-13(6-3-4-7-13)17-8-5-11(10)14/h10H,2-9H2,1H3. The van der Waals surface area contributed by atoms with Gasteiger partial charge in [-0.2, -0.15) is 0 Å². The Hall–Kier alpha value is -0.900. The van der Waals surface area contributed by atoms with Crippen LogP contribution in [0.1, 0.15) is 45.4 Å². The van der Waals surface area contributed by atoms with Gasteiger partial charge in [0.25, 0.3) is 0 Å². The highest BCUT2D eigenvalue weighted by molar-refractivity contribution is 5.99. The van der Waals surface area contributed by atoms with E-state index in [1.165, 1.54) is 0 Å². The van der Waals surface area contributed by atoms with Crippen molar-refractivity contribution in [3.63, 3.8) is 0 Å². The van der Waals surface area contributed by atoms with Gasteiger partial charge in [0, 0.05) is 6.42 Å². The molecule has 1 spiro atoms. The summed E-state index contributed by atoms with van der Waals surface area (Å²) in [6, 6.07) is 0. The first-order valence-corrected chi connectivity index (χ1v) is 6.50. The van der Waals surface area contributed by atoms with E-state index in [1.807, 2.05) is 0 Å². The van der Waals surface area contributed by atoms with E-state index in [-0.39, 0.29) is 17.4 Å². The molecule has 0 radical (unpaired) electrons. The largest absolute Gasteiger partial charge is 0.465 e. The van der Waals surface area contributed by atoms with Gasteiger partial charge < -0.3 is 9.47 Å². The van der Waals surface area contributed by atoms with Crippen molar-refractivity contribution >= 4 is 11.8 Å². The van der Waals surface area contributed by atoms with Crippen LogP contribution in [0.3, 0.4) is 0 Å². The molecule has 0 aromatic heterocycles. The lowest BCUT2D eigenvalue weighted by Gasteiger charge is -2.29. The molecule has 4 nitrogen and oxygen atoms in total. The summed E-state index contributed by atoms with van der Waals surface area (Å²) < 4.78 is 10.8. The minimum atomic E-state index is -0.601. The second kappa shape index (κ2) is 5.17. The van der Waals surface area contributed by atoms with Gasteiger partial charge in [0.2, 0.25) is 0 Å². The maximum absolute atomic E-state index is 11.9. The van der Waals surface area contributed by atoms with Crippen LogP contribution >= 0.6 is 0 Å². The Bertz CT molecular complexity index is 305. The zero-order valence-electron chi connectivity index (χ0n) is 10.4. The Kier molecular flexibility index (Phi) is 3.82. The van der Waals surface area contributed by atoms with Gasteiger partial charge >= 0.3 is 5.97 Å². The molecule has 1 heterocycles. The number of ether oxygens (including phenoxy) is 2. The summed E-state index contributed by atoms with van der Waals surface area (Å²) in [7, 11) is 0. The molecule has 0 aromatic carbocycles. The van der Waals surface area contributed by atoms with Crippen molar-refractivity contribution in [1.82, 2.24) is 0 Å². The third-order valence-electron chi connectivity index (χ3n) is 3.81. The fraction of sp³-hybridized carbons (Fsp3) is 0.846. The molecule has 96 valence electrons. The number of esters is 1. The van der Waals surface area contributed by atoms with Gasteiger partial charge in [-0.25, -0.2) is 0 Å². The van der Waals surface area contributed by atoms with Crippen LogP contribution in [-0.2, 0) is 19.1 Å². The van der Waals surface area contributed by atoms with E-state index < -0.39 is 5.92 Å². The lowest BCUT2D eigenvalue weighted by Crippen LogP contribution is -2.34. The van der Waals surface area contributed by atoms with Gasteiger partial charge in [0.1, 0.15) is 11.7 Å². The molecule has 1 unspecified atom stereocenters. The first-order chi connectivity index (χ1) is 8.17. The van der Waals surface area contributed by atoms with E-state index in [0.717, 1.165) is 25.7 Å². The van der Waals surface area contributed by atoms with Crippen molar-refractivity contribution in [3.05, 3.63) is 0 Å². The third-order valence-corrected chi connectivity index (χ3v) is 3.81. The molecule has 1 aliphatic heterocycles. The number of ketones is 1. The SMILES string of the molecule is CCOC(=O)C1CC2(CCCC2)OCCC1=O. The average Bonchev–Trinajstić information content (AvgIpc) is 2.68. The topological polar surface area (TPSA) is 52.6 Å². The van der Waals surface area contributed by atoms with Crippen molar-refractivity contribution in [2.45, 2.75) is 51.0 Å². The first kappa shape index (κ1) is 12.6. The minimum absolute atomic E-state index is 0.0211. The van der Waals surface area contributed by atoms with Crippen LogP contribution < -0.4 is 0 Å². The molecule has 0 aromatic rings. The Morgan fingerprint density at radius 1 is 1.47 bits per heavy atom. The number of carbonyl (C=O) groups excluding carboxylic acids is 2. The lowest BCUT2D eigenvalue weighted by atomic mass is 9.87. The zero-order valence-corrected chi connectivity index (χ0v) is 10.4. The Balaban J connectivity index is 2.11. The summed E-state index contributed by atoms with van der Waals surface area (Å²) >= 11 is 0. The normalized spacial score (nSPS) is 28.1. The predicted molar refractivity (Wildman–Crippen MR) is 61.5 cm³/mol. The van der Waals surface area contributed by atoms with Crippen LogP contribution in [0.5, 0.6) is 0 Å². The maximum atomic E-state index is 11.9. The molecule has 1 aliphatic carbocycles. The highest BCUT2D eigenvalue weighted by Gasteiger charge is 2.44. The fourth-order valence-corrected chi connectivity index (χ4v) is 2.91. The summed E-state index contributed by atoms with van der Waals surface area (Å²) in [5.74, 6) is -0.989. The van der Waals surface area contributed by atoms with Crippen LogP contribution in [0.2, 0.25) is 0 Å². The lowest BCUT2D eigenvalue weighted by molar-refractivity contribution is -0.153. The monoisotopic (exact) mass is 240 g/mol. The second-order valence-electron chi connectivity index (χ2n) is 4.96. The molecule has 1 saturated carbocycles. The van der Waals surface area contributed by atoms with Crippen LogP contribution in [0.15, 0.2) is 0 Å². The Morgan fingerprint density at radius 2 is 2.18 bits per heavy atom. The molecule has 0 N–H and O–H groups in total. The molecule has 2 aliphatic rings.